The lowest BCUT2D eigenvalue weighted by molar-refractivity contribution is -0.136. The predicted molar refractivity (Wildman–Crippen MR) is 93.6 cm³/mol. The van der Waals surface area contributed by atoms with E-state index in [0.29, 0.717) is 5.75 Å². The van der Waals surface area contributed by atoms with Crippen LogP contribution in [0.1, 0.15) is 38.1 Å². The van der Waals surface area contributed by atoms with Crippen molar-refractivity contribution in [3.05, 3.63) is 27.4 Å². The number of aliphatic carboxylic acids is 1. The molecule has 1 aromatic rings. The quantitative estimate of drug-likeness (QED) is 0.638. The molecule has 22 heavy (non-hydrogen) atoms. The molecular weight excluding hydrogens is 319 g/mol. The SMILES string of the molecule is CC1(C)OB(C(=Cc2csc(CC(=O)O)c2)CS)OC1(C)C. The van der Waals surface area contributed by atoms with Crippen molar-refractivity contribution < 1.29 is 19.2 Å². The fourth-order valence-corrected chi connectivity index (χ4v) is 3.19. The third-order valence-corrected chi connectivity index (χ3v) is 5.41. The van der Waals surface area contributed by atoms with Gasteiger partial charge in [0.1, 0.15) is 0 Å². The summed E-state index contributed by atoms with van der Waals surface area (Å²) >= 11 is 5.82. The van der Waals surface area contributed by atoms with E-state index >= 15 is 0 Å². The smallest absolute Gasteiger partial charge is 0.481 e. The molecular formula is C15H21BO4S2. The fraction of sp³-hybridized carbons (Fsp3) is 0.533. The lowest BCUT2D eigenvalue weighted by Crippen LogP contribution is -2.41. The highest BCUT2D eigenvalue weighted by Gasteiger charge is 2.52. The van der Waals surface area contributed by atoms with Crippen LogP contribution in [0.25, 0.3) is 6.08 Å². The average Bonchev–Trinajstić information content (AvgIpc) is 2.88. The molecule has 1 aliphatic rings. The maximum absolute atomic E-state index is 10.7. The molecule has 0 aromatic carbocycles. The normalized spacial score (nSPS) is 20.4. The van der Waals surface area contributed by atoms with Crippen molar-refractivity contribution in [1.29, 1.82) is 0 Å². The Hall–Kier alpha value is -0.755. The van der Waals surface area contributed by atoms with Gasteiger partial charge in [0.05, 0.1) is 17.6 Å². The van der Waals surface area contributed by atoms with Crippen molar-refractivity contribution in [2.24, 2.45) is 0 Å². The lowest BCUT2D eigenvalue weighted by Gasteiger charge is -2.32. The van der Waals surface area contributed by atoms with Crippen molar-refractivity contribution >= 4 is 43.1 Å². The highest BCUT2D eigenvalue weighted by Crippen LogP contribution is 2.39. The first-order valence-electron chi connectivity index (χ1n) is 7.11. The van der Waals surface area contributed by atoms with Crippen LogP contribution in [0.5, 0.6) is 0 Å². The Morgan fingerprint density at radius 2 is 1.95 bits per heavy atom. The number of carbonyl (C=O) groups is 1. The summed E-state index contributed by atoms with van der Waals surface area (Å²) in [5.74, 6) is -0.307. The second kappa shape index (κ2) is 6.39. The van der Waals surface area contributed by atoms with E-state index in [0.717, 1.165) is 15.9 Å². The number of thiol groups is 1. The van der Waals surface area contributed by atoms with Gasteiger partial charge in [0.25, 0.3) is 0 Å². The molecule has 0 bridgehead atoms. The number of carboxylic acids is 1. The minimum absolute atomic E-state index is 0.0468. The molecule has 0 atom stereocenters. The van der Waals surface area contributed by atoms with E-state index < -0.39 is 13.1 Å². The Morgan fingerprint density at radius 3 is 2.45 bits per heavy atom. The molecule has 0 spiro atoms. The van der Waals surface area contributed by atoms with Crippen LogP contribution in [-0.4, -0.2) is 35.1 Å². The van der Waals surface area contributed by atoms with E-state index in [4.69, 9.17) is 14.4 Å². The Bertz CT molecular complexity index is 576. The van der Waals surface area contributed by atoms with E-state index in [1.807, 2.05) is 45.2 Å². The fourth-order valence-electron chi connectivity index (χ4n) is 2.11. The van der Waals surface area contributed by atoms with E-state index in [1.165, 1.54) is 11.3 Å². The number of carboxylic acid groups (broad SMARTS) is 1. The Kier molecular flexibility index (Phi) is 5.11. The summed E-state index contributed by atoms with van der Waals surface area (Å²) < 4.78 is 12.1. The zero-order valence-electron chi connectivity index (χ0n) is 13.3. The van der Waals surface area contributed by atoms with Gasteiger partial charge < -0.3 is 14.4 Å². The first kappa shape index (κ1) is 17.6. The average molecular weight is 340 g/mol. The summed E-state index contributed by atoms with van der Waals surface area (Å²) in [4.78, 5) is 11.6. The molecule has 2 heterocycles. The van der Waals surface area contributed by atoms with Gasteiger partial charge in [0, 0.05) is 10.6 Å². The van der Waals surface area contributed by atoms with Crippen molar-refractivity contribution in [2.75, 3.05) is 5.75 Å². The van der Waals surface area contributed by atoms with Gasteiger partial charge in [0.2, 0.25) is 0 Å². The molecule has 4 nitrogen and oxygen atoms in total. The van der Waals surface area contributed by atoms with Gasteiger partial charge in [-0.15, -0.1) is 11.3 Å². The van der Waals surface area contributed by atoms with Crippen LogP contribution in [0.2, 0.25) is 0 Å². The second-order valence-electron chi connectivity index (χ2n) is 6.38. The van der Waals surface area contributed by atoms with Crippen molar-refractivity contribution in [3.8, 4) is 0 Å². The second-order valence-corrected chi connectivity index (χ2v) is 7.69. The van der Waals surface area contributed by atoms with Crippen LogP contribution in [0.4, 0.5) is 0 Å². The predicted octanol–water partition coefficient (Wildman–Crippen LogP) is 3.32. The molecule has 0 saturated carbocycles. The molecule has 1 N–H and O–H groups in total. The maximum Gasteiger partial charge on any atom is 0.491 e. The zero-order chi connectivity index (χ0) is 16.5. The Labute approximate surface area is 141 Å². The molecule has 0 amide bonds. The van der Waals surface area contributed by atoms with Crippen LogP contribution < -0.4 is 0 Å². The van der Waals surface area contributed by atoms with Crippen molar-refractivity contribution in [2.45, 2.75) is 45.3 Å². The van der Waals surface area contributed by atoms with E-state index in [1.54, 1.807) is 0 Å². The molecule has 0 radical (unpaired) electrons. The molecule has 120 valence electrons. The van der Waals surface area contributed by atoms with Crippen LogP contribution in [0.15, 0.2) is 16.9 Å². The van der Waals surface area contributed by atoms with Crippen molar-refractivity contribution in [1.82, 2.24) is 0 Å². The zero-order valence-corrected chi connectivity index (χ0v) is 15.0. The summed E-state index contributed by atoms with van der Waals surface area (Å²) in [7, 11) is -0.426. The van der Waals surface area contributed by atoms with Crippen molar-refractivity contribution in [3.63, 3.8) is 0 Å². The molecule has 1 aliphatic heterocycles. The van der Waals surface area contributed by atoms with E-state index in [9.17, 15) is 4.79 Å². The highest BCUT2D eigenvalue weighted by atomic mass is 32.1. The van der Waals surface area contributed by atoms with Crippen LogP contribution in [0.3, 0.4) is 0 Å². The highest BCUT2D eigenvalue weighted by molar-refractivity contribution is 7.80. The minimum Gasteiger partial charge on any atom is -0.481 e. The largest absolute Gasteiger partial charge is 0.491 e. The number of hydrogen-bond acceptors (Lipinski definition) is 5. The van der Waals surface area contributed by atoms with Crippen LogP contribution >= 0.6 is 24.0 Å². The minimum atomic E-state index is -0.822. The van der Waals surface area contributed by atoms with Gasteiger partial charge in [-0.2, -0.15) is 12.6 Å². The van der Waals surface area contributed by atoms with Gasteiger partial charge in [-0.05, 0) is 50.2 Å². The van der Waals surface area contributed by atoms with E-state index in [2.05, 4.69) is 12.6 Å². The van der Waals surface area contributed by atoms with Gasteiger partial charge in [-0.25, -0.2) is 0 Å². The summed E-state index contributed by atoms with van der Waals surface area (Å²) in [6.07, 6.45) is 2.02. The lowest BCUT2D eigenvalue weighted by atomic mass is 9.78. The number of hydrogen-bond donors (Lipinski definition) is 2. The third-order valence-electron chi connectivity index (χ3n) is 4.09. The maximum atomic E-state index is 10.7. The summed E-state index contributed by atoms with van der Waals surface area (Å²) in [6, 6.07) is 1.88. The molecule has 7 heteroatoms. The Balaban J connectivity index is 2.18. The molecule has 1 saturated heterocycles. The summed E-state index contributed by atoms with van der Waals surface area (Å²) in [6.45, 7) is 8.05. The topological polar surface area (TPSA) is 55.8 Å². The summed E-state index contributed by atoms with van der Waals surface area (Å²) in [5.41, 5.74) is 1.12. The van der Waals surface area contributed by atoms with Crippen LogP contribution in [-0.2, 0) is 20.5 Å². The molecule has 0 unspecified atom stereocenters. The first-order chi connectivity index (χ1) is 10.1. The van der Waals surface area contributed by atoms with Gasteiger partial charge in [0.15, 0.2) is 0 Å². The van der Waals surface area contributed by atoms with Gasteiger partial charge in [-0.1, -0.05) is 6.08 Å². The monoisotopic (exact) mass is 340 g/mol. The van der Waals surface area contributed by atoms with Gasteiger partial charge in [-0.3, -0.25) is 4.79 Å². The molecule has 1 fully saturated rings. The van der Waals surface area contributed by atoms with E-state index in [-0.39, 0.29) is 17.6 Å². The molecule has 0 aliphatic carbocycles. The van der Waals surface area contributed by atoms with Gasteiger partial charge >= 0.3 is 13.1 Å². The Morgan fingerprint density at radius 1 is 1.36 bits per heavy atom. The molecule has 2 rings (SSSR count). The standard InChI is InChI=1S/C15H21BO4S2/c1-14(2)15(3,4)20-16(19-14)11(8-21)5-10-6-12(22-9-10)7-13(17)18/h5-6,9,21H,7-8H2,1-4H3,(H,17,18). The number of rotatable bonds is 5. The summed E-state index contributed by atoms with van der Waals surface area (Å²) in [5, 5.41) is 10.8. The third kappa shape index (κ3) is 3.77. The first-order valence-corrected chi connectivity index (χ1v) is 8.62. The molecule has 1 aromatic heterocycles. The number of thiophene rings is 1. The van der Waals surface area contributed by atoms with Crippen LogP contribution in [0, 0.1) is 0 Å².